The van der Waals surface area contributed by atoms with Crippen LogP contribution in [0.3, 0.4) is 0 Å². The van der Waals surface area contributed by atoms with E-state index in [1.807, 2.05) is 6.92 Å². The van der Waals surface area contributed by atoms with Gasteiger partial charge in [0.2, 0.25) is 0 Å². The Kier molecular flexibility index (Phi) is 4.40. The van der Waals surface area contributed by atoms with Gasteiger partial charge in [-0.3, -0.25) is 4.31 Å². The van der Waals surface area contributed by atoms with Crippen LogP contribution in [0, 0.1) is 6.92 Å². The monoisotopic (exact) mass is 389 g/mol. The summed E-state index contributed by atoms with van der Waals surface area (Å²) in [6.07, 6.45) is 0. The first-order valence-electron chi connectivity index (χ1n) is 5.81. The van der Waals surface area contributed by atoms with Crippen LogP contribution in [0.5, 0.6) is 0 Å². The molecule has 0 atom stereocenters. The Hall–Kier alpha value is -1.38. The fourth-order valence-corrected chi connectivity index (χ4v) is 5.24. The zero-order valence-corrected chi connectivity index (χ0v) is 14.4. The Labute approximate surface area is 135 Å². The minimum absolute atomic E-state index is 0.110. The molecule has 0 bridgehead atoms. The highest BCUT2D eigenvalue weighted by atomic mass is 79.9. The third-order valence-electron chi connectivity index (χ3n) is 2.93. The Balaban J connectivity index is 2.38. The van der Waals surface area contributed by atoms with Crippen molar-refractivity contribution in [2.45, 2.75) is 11.1 Å². The van der Waals surface area contributed by atoms with Gasteiger partial charge >= 0.3 is 5.97 Å². The van der Waals surface area contributed by atoms with Gasteiger partial charge in [-0.25, -0.2) is 13.2 Å². The molecule has 0 unspecified atom stereocenters. The van der Waals surface area contributed by atoms with Gasteiger partial charge in [-0.05, 0) is 58.7 Å². The Morgan fingerprint density at radius 1 is 1.29 bits per heavy atom. The molecule has 0 aliphatic rings. The smallest absolute Gasteiger partial charge is 0.335 e. The van der Waals surface area contributed by atoms with E-state index < -0.39 is 16.0 Å². The van der Waals surface area contributed by atoms with Crippen molar-refractivity contribution >= 4 is 48.9 Å². The van der Waals surface area contributed by atoms with Crippen molar-refractivity contribution < 1.29 is 18.3 Å². The molecule has 8 heteroatoms. The zero-order chi connectivity index (χ0) is 15.8. The van der Waals surface area contributed by atoms with Crippen molar-refractivity contribution in [3.05, 3.63) is 45.2 Å². The van der Waals surface area contributed by atoms with E-state index in [9.17, 15) is 13.2 Å². The lowest BCUT2D eigenvalue weighted by Crippen LogP contribution is -2.25. The first kappa shape index (κ1) is 16.0. The fraction of sp³-hybridized carbons (Fsp3) is 0.154. The molecule has 0 saturated carbocycles. The highest BCUT2D eigenvalue weighted by molar-refractivity contribution is 9.11. The van der Waals surface area contributed by atoms with Gasteiger partial charge in [0, 0.05) is 7.05 Å². The number of rotatable bonds is 4. The van der Waals surface area contributed by atoms with Crippen molar-refractivity contribution in [1.82, 2.24) is 0 Å². The number of nitrogens with zero attached hydrogens (tertiary/aromatic N) is 1. The molecule has 0 saturated heterocycles. The minimum Gasteiger partial charge on any atom is -0.478 e. The maximum absolute atomic E-state index is 12.5. The van der Waals surface area contributed by atoms with Gasteiger partial charge in [-0.15, -0.1) is 11.3 Å². The molecular formula is C13H12BrNO4S2. The highest BCUT2D eigenvalue weighted by Crippen LogP contribution is 2.33. The number of benzene rings is 1. The lowest BCUT2D eigenvalue weighted by Gasteiger charge is -2.18. The third-order valence-corrected chi connectivity index (χ3v) is 7.30. The number of carbonyl (C=O) groups is 1. The average molecular weight is 390 g/mol. The van der Waals surface area contributed by atoms with E-state index in [0.29, 0.717) is 5.69 Å². The second kappa shape index (κ2) is 5.78. The summed E-state index contributed by atoms with van der Waals surface area (Å²) in [7, 11) is -2.21. The zero-order valence-electron chi connectivity index (χ0n) is 11.2. The van der Waals surface area contributed by atoms with Gasteiger partial charge in [0.05, 0.1) is 15.0 Å². The van der Waals surface area contributed by atoms with Crippen LogP contribution in [0.25, 0.3) is 0 Å². The van der Waals surface area contributed by atoms with Crippen molar-refractivity contribution in [1.29, 1.82) is 0 Å². The van der Waals surface area contributed by atoms with E-state index in [-0.39, 0.29) is 9.77 Å². The molecule has 0 aliphatic heterocycles. The lowest BCUT2D eigenvalue weighted by molar-refractivity contribution is 0.0697. The highest BCUT2D eigenvalue weighted by Gasteiger charge is 2.24. The number of carboxylic acids is 1. The quantitative estimate of drug-likeness (QED) is 0.869. The molecule has 0 aliphatic carbocycles. The standard InChI is InChI=1S/C13H12BrNO4S2/c1-8-7-11(20-12(8)14)21(18,19)15(2)10-5-3-9(4-6-10)13(16)17/h3-7H,1-2H3,(H,16,17). The van der Waals surface area contributed by atoms with Crippen LogP contribution in [-0.4, -0.2) is 26.5 Å². The average Bonchev–Trinajstić information content (AvgIpc) is 2.78. The van der Waals surface area contributed by atoms with Gasteiger partial charge in [0.15, 0.2) is 0 Å². The van der Waals surface area contributed by atoms with Crippen LogP contribution in [0.1, 0.15) is 15.9 Å². The molecule has 2 aromatic rings. The molecule has 1 N–H and O–H groups in total. The van der Waals surface area contributed by atoms with Crippen LogP contribution < -0.4 is 4.31 Å². The summed E-state index contributed by atoms with van der Waals surface area (Å²) in [4.78, 5) is 10.8. The number of aryl methyl sites for hydroxylation is 1. The summed E-state index contributed by atoms with van der Waals surface area (Å²) >= 11 is 4.45. The molecule has 112 valence electrons. The van der Waals surface area contributed by atoms with Gasteiger partial charge in [0.1, 0.15) is 4.21 Å². The summed E-state index contributed by atoms with van der Waals surface area (Å²) in [5, 5.41) is 8.85. The normalized spacial score (nSPS) is 11.4. The van der Waals surface area contributed by atoms with Gasteiger partial charge in [-0.1, -0.05) is 0 Å². The fourth-order valence-electron chi connectivity index (χ4n) is 1.65. The molecule has 0 radical (unpaired) electrons. The molecule has 1 aromatic carbocycles. The summed E-state index contributed by atoms with van der Waals surface area (Å²) in [5.74, 6) is -1.05. The number of aromatic carboxylic acids is 1. The number of carboxylic acid groups (broad SMARTS) is 1. The molecule has 0 fully saturated rings. The van der Waals surface area contributed by atoms with Crippen molar-refractivity contribution in [2.24, 2.45) is 0 Å². The molecule has 0 spiro atoms. The van der Waals surface area contributed by atoms with E-state index in [2.05, 4.69) is 15.9 Å². The number of hydrogen-bond donors (Lipinski definition) is 1. The first-order valence-corrected chi connectivity index (χ1v) is 8.86. The van der Waals surface area contributed by atoms with Gasteiger partial charge in [-0.2, -0.15) is 0 Å². The number of thiophene rings is 1. The summed E-state index contributed by atoms with van der Waals surface area (Å²) < 4.78 is 27.2. The largest absolute Gasteiger partial charge is 0.478 e. The Morgan fingerprint density at radius 2 is 1.86 bits per heavy atom. The van der Waals surface area contributed by atoms with Crippen LogP contribution in [0.4, 0.5) is 5.69 Å². The third kappa shape index (κ3) is 3.12. The van der Waals surface area contributed by atoms with Crippen LogP contribution in [0.15, 0.2) is 38.3 Å². The van der Waals surface area contributed by atoms with Gasteiger partial charge in [0.25, 0.3) is 10.0 Å². The predicted molar refractivity (Wildman–Crippen MR) is 85.7 cm³/mol. The first-order chi connectivity index (χ1) is 9.73. The second-order valence-electron chi connectivity index (χ2n) is 4.35. The van der Waals surface area contributed by atoms with Crippen LogP contribution in [0.2, 0.25) is 0 Å². The minimum atomic E-state index is -3.65. The molecule has 1 heterocycles. The van der Waals surface area contributed by atoms with Crippen LogP contribution in [-0.2, 0) is 10.0 Å². The van der Waals surface area contributed by atoms with E-state index in [1.165, 1.54) is 31.3 Å². The molecule has 21 heavy (non-hydrogen) atoms. The molecule has 2 rings (SSSR count). The number of hydrogen-bond acceptors (Lipinski definition) is 4. The SMILES string of the molecule is Cc1cc(S(=O)(=O)N(C)c2ccc(C(=O)O)cc2)sc1Br. The van der Waals surface area contributed by atoms with Gasteiger partial charge < -0.3 is 5.11 Å². The Morgan fingerprint density at radius 3 is 2.29 bits per heavy atom. The lowest BCUT2D eigenvalue weighted by atomic mass is 10.2. The summed E-state index contributed by atoms with van der Waals surface area (Å²) in [5.41, 5.74) is 1.37. The number of sulfonamides is 1. The number of halogens is 1. The Bertz CT molecular complexity index is 762. The molecule has 5 nitrogen and oxygen atoms in total. The molecular weight excluding hydrogens is 378 g/mol. The van der Waals surface area contributed by atoms with E-state index in [0.717, 1.165) is 25.0 Å². The van der Waals surface area contributed by atoms with E-state index in [4.69, 9.17) is 5.11 Å². The molecule has 0 amide bonds. The van der Waals surface area contributed by atoms with Crippen molar-refractivity contribution in [3.8, 4) is 0 Å². The van der Waals surface area contributed by atoms with Crippen molar-refractivity contribution in [2.75, 3.05) is 11.4 Å². The second-order valence-corrected chi connectivity index (χ2v) is 8.91. The number of anilines is 1. The maximum Gasteiger partial charge on any atom is 0.335 e. The predicted octanol–water partition coefficient (Wildman–Crippen LogP) is 3.34. The maximum atomic E-state index is 12.5. The molecule has 1 aromatic heterocycles. The van der Waals surface area contributed by atoms with E-state index >= 15 is 0 Å². The topological polar surface area (TPSA) is 74.7 Å². The summed E-state index contributed by atoms with van der Waals surface area (Å²) in [6.45, 7) is 1.82. The van der Waals surface area contributed by atoms with Crippen LogP contribution >= 0.6 is 27.3 Å². The van der Waals surface area contributed by atoms with E-state index in [1.54, 1.807) is 6.07 Å². The summed E-state index contributed by atoms with van der Waals surface area (Å²) in [6, 6.07) is 7.29. The van der Waals surface area contributed by atoms with Crippen molar-refractivity contribution in [3.63, 3.8) is 0 Å².